The van der Waals surface area contributed by atoms with Gasteiger partial charge in [-0.25, -0.2) is 4.98 Å². The van der Waals surface area contributed by atoms with Gasteiger partial charge in [-0.2, -0.15) is 5.26 Å². The zero-order valence-electron chi connectivity index (χ0n) is 15.4. The van der Waals surface area contributed by atoms with Crippen molar-refractivity contribution in [2.75, 3.05) is 0 Å². The van der Waals surface area contributed by atoms with Gasteiger partial charge < -0.3 is 4.40 Å². The minimum absolute atomic E-state index is 0.0162. The number of aromatic nitrogens is 2. The summed E-state index contributed by atoms with van der Waals surface area (Å²) in [6.45, 7) is 8.26. The predicted molar refractivity (Wildman–Crippen MR) is 103 cm³/mol. The molecule has 0 radical (unpaired) electrons. The minimum atomic E-state index is -0.289. The molecule has 3 aromatic rings. The first-order valence-corrected chi connectivity index (χ1v) is 8.52. The van der Waals surface area contributed by atoms with Crippen LogP contribution in [0.15, 0.2) is 54.2 Å². The Morgan fingerprint density at radius 3 is 2.46 bits per heavy atom. The average Bonchev–Trinajstić information content (AvgIpc) is 2.94. The largest absolute Gasteiger partial charge is 0.303 e. The Bertz CT molecular complexity index is 1040. The molecule has 0 fully saturated rings. The number of rotatable bonds is 3. The van der Waals surface area contributed by atoms with Crippen LogP contribution < -0.4 is 0 Å². The fourth-order valence-electron chi connectivity index (χ4n) is 2.89. The molecule has 0 atom stereocenters. The molecule has 0 unspecified atom stereocenters. The lowest BCUT2D eigenvalue weighted by Gasteiger charge is -2.18. The highest BCUT2D eigenvalue weighted by molar-refractivity contribution is 6.14. The number of pyridine rings is 1. The molecule has 2 heterocycles. The molecule has 0 spiro atoms. The molecule has 0 saturated heterocycles. The maximum Gasteiger partial charge on any atom is 0.203 e. The molecular weight excluding hydrogens is 322 g/mol. The van der Waals surface area contributed by atoms with Crippen LogP contribution in [-0.2, 0) is 5.41 Å². The number of nitrogens with zero attached hydrogens (tertiary/aromatic N) is 3. The third-order valence-electron chi connectivity index (χ3n) is 4.41. The van der Waals surface area contributed by atoms with Crippen molar-refractivity contribution in [2.24, 2.45) is 0 Å². The summed E-state index contributed by atoms with van der Waals surface area (Å²) in [6, 6.07) is 15.2. The number of fused-ring (bicyclic) bond motifs is 1. The second-order valence-corrected chi connectivity index (χ2v) is 7.33. The van der Waals surface area contributed by atoms with E-state index < -0.39 is 0 Å². The van der Waals surface area contributed by atoms with Crippen LogP contribution >= 0.6 is 0 Å². The number of carbonyl (C=O) groups excluding carboxylic acids is 1. The van der Waals surface area contributed by atoms with Gasteiger partial charge in [0, 0.05) is 11.8 Å². The number of hydrogen-bond donors (Lipinski definition) is 0. The molecule has 0 aliphatic heterocycles. The van der Waals surface area contributed by atoms with Crippen LogP contribution in [0, 0.1) is 18.3 Å². The zero-order chi connectivity index (χ0) is 18.9. The summed E-state index contributed by atoms with van der Waals surface area (Å²) in [5.74, 6) is 0.522. The summed E-state index contributed by atoms with van der Waals surface area (Å²) in [4.78, 5) is 17.2. The van der Waals surface area contributed by atoms with Crippen LogP contribution in [0.4, 0.5) is 0 Å². The van der Waals surface area contributed by atoms with E-state index in [1.54, 1.807) is 18.2 Å². The lowest BCUT2D eigenvalue weighted by molar-refractivity contribution is 0.104. The number of allylic oxidation sites excluding steroid dienone is 1. The third kappa shape index (κ3) is 3.29. The lowest BCUT2D eigenvalue weighted by Crippen LogP contribution is -2.11. The Balaban J connectivity index is 1.99. The number of aryl methyl sites for hydroxylation is 1. The molecule has 0 saturated carbocycles. The van der Waals surface area contributed by atoms with Crippen molar-refractivity contribution in [1.82, 2.24) is 9.38 Å². The summed E-state index contributed by atoms with van der Waals surface area (Å²) >= 11 is 0. The van der Waals surface area contributed by atoms with E-state index in [-0.39, 0.29) is 16.8 Å². The molecule has 0 amide bonds. The number of hydrogen-bond acceptors (Lipinski definition) is 3. The van der Waals surface area contributed by atoms with Gasteiger partial charge in [-0.05, 0) is 36.1 Å². The van der Waals surface area contributed by atoms with Crippen molar-refractivity contribution in [3.05, 3.63) is 76.9 Å². The van der Waals surface area contributed by atoms with Crippen LogP contribution in [0.1, 0.15) is 48.2 Å². The third-order valence-corrected chi connectivity index (χ3v) is 4.41. The summed E-state index contributed by atoms with van der Waals surface area (Å²) < 4.78 is 1.93. The molecule has 4 nitrogen and oxygen atoms in total. The number of ketones is 1. The number of Topliss-reactive ketones (excluding diaryl/α,β-unsaturated/α-hetero) is 1. The van der Waals surface area contributed by atoms with Gasteiger partial charge in [0.2, 0.25) is 5.78 Å². The van der Waals surface area contributed by atoms with Crippen LogP contribution in [0.5, 0.6) is 0 Å². The number of imidazole rings is 1. The van der Waals surface area contributed by atoms with E-state index in [1.807, 2.05) is 53.9 Å². The number of carbonyl (C=O) groups is 1. The van der Waals surface area contributed by atoms with Gasteiger partial charge in [0.15, 0.2) is 0 Å². The highest BCUT2D eigenvalue weighted by Crippen LogP contribution is 2.23. The lowest BCUT2D eigenvalue weighted by atomic mass is 9.86. The molecule has 0 aliphatic carbocycles. The topological polar surface area (TPSA) is 58.2 Å². The van der Waals surface area contributed by atoms with Crippen LogP contribution in [0.2, 0.25) is 0 Å². The first-order valence-electron chi connectivity index (χ1n) is 8.52. The van der Waals surface area contributed by atoms with E-state index in [4.69, 9.17) is 0 Å². The zero-order valence-corrected chi connectivity index (χ0v) is 15.4. The molecule has 2 aromatic heterocycles. The van der Waals surface area contributed by atoms with Crippen molar-refractivity contribution in [3.8, 4) is 6.07 Å². The summed E-state index contributed by atoms with van der Waals surface area (Å²) in [5.41, 5.74) is 3.24. The van der Waals surface area contributed by atoms with E-state index in [1.165, 1.54) is 0 Å². The first-order chi connectivity index (χ1) is 12.3. The Morgan fingerprint density at radius 2 is 1.85 bits per heavy atom. The van der Waals surface area contributed by atoms with Gasteiger partial charge in [-0.1, -0.05) is 51.1 Å². The average molecular weight is 343 g/mol. The maximum atomic E-state index is 12.8. The Morgan fingerprint density at radius 1 is 1.15 bits per heavy atom. The summed E-state index contributed by atoms with van der Waals surface area (Å²) in [5, 5.41) is 9.51. The smallest absolute Gasteiger partial charge is 0.203 e. The van der Waals surface area contributed by atoms with Gasteiger partial charge in [0.1, 0.15) is 17.5 Å². The van der Waals surface area contributed by atoms with E-state index >= 15 is 0 Å². The molecule has 0 bridgehead atoms. The second-order valence-electron chi connectivity index (χ2n) is 7.33. The van der Waals surface area contributed by atoms with Crippen molar-refractivity contribution in [3.63, 3.8) is 0 Å². The summed E-state index contributed by atoms with van der Waals surface area (Å²) in [6.07, 6.45) is 3.48. The van der Waals surface area contributed by atoms with Crippen molar-refractivity contribution >= 4 is 17.4 Å². The van der Waals surface area contributed by atoms with Gasteiger partial charge in [0.25, 0.3) is 0 Å². The molecule has 0 aliphatic rings. The van der Waals surface area contributed by atoms with E-state index in [2.05, 4.69) is 25.8 Å². The predicted octanol–water partition coefficient (Wildman–Crippen LogP) is 4.73. The van der Waals surface area contributed by atoms with Crippen molar-refractivity contribution in [2.45, 2.75) is 33.1 Å². The van der Waals surface area contributed by atoms with Crippen molar-refractivity contribution < 1.29 is 4.79 Å². The monoisotopic (exact) mass is 343 g/mol. The number of nitriles is 1. The Kier molecular flexibility index (Phi) is 4.48. The molecule has 4 heteroatoms. The van der Waals surface area contributed by atoms with Gasteiger partial charge in [-0.3, -0.25) is 4.79 Å². The number of benzene rings is 1. The fourth-order valence-corrected chi connectivity index (χ4v) is 2.89. The van der Waals surface area contributed by atoms with Gasteiger partial charge in [-0.15, -0.1) is 0 Å². The first kappa shape index (κ1) is 17.6. The quantitative estimate of drug-likeness (QED) is 0.392. The summed E-state index contributed by atoms with van der Waals surface area (Å²) in [7, 11) is 0. The molecule has 0 N–H and O–H groups in total. The van der Waals surface area contributed by atoms with Crippen LogP contribution in [0.3, 0.4) is 0 Å². The highest BCUT2D eigenvalue weighted by atomic mass is 16.1. The normalized spacial score (nSPS) is 12.2. The Labute approximate surface area is 153 Å². The standard InChI is InChI=1S/C22H21N3O/c1-15-24-19(20-7-5-6-12-25(15)20)13-17(14-23)21(26)16-8-10-18(11-9-16)22(2,3)4/h5-13H,1-4H3/b17-13+. The molecule has 26 heavy (non-hydrogen) atoms. The van der Waals surface area contributed by atoms with Gasteiger partial charge >= 0.3 is 0 Å². The SMILES string of the molecule is Cc1nc(/C=C(\C#N)C(=O)c2ccc(C(C)(C)C)cc2)c2ccccn12. The maximum absolute atomic E-state index is 12.8. The van der Waals surface area contributed by atoms with Crippen LogP contribution in [-0.4, -0.2) is 15.2 Å². The van der Waals surface area contributed by atoms with Crippen LogP contribution in [0.25, 0.3) is 11.6 Å². The van der Waals surface area contributed by atoms with E-state index in [0.717, 1.165) is 16.9 Å². The fraction of sp³-hybridized carbons (Fsp3) is 0.227. The van der Waals surface area contributed by atoms with Gasteiger partial charge in [0.05, 0.1) is 11.2 Å². The second kappa shape index (κ2) is 6.61. The van der Waals surface area contributed by atoms with E-state index in [9.17, 15) is 10.1 Å². The molecular formula is C22H21N3O. The molecule has 130 valence electrons. The molecule has 1 aromatic carbocycles. The Hall–Kier alpha value is -3.19. The van der Waals surface area contributed by atoms with Crippen molar-refractivity contribution in [1.29, 1.82) is 5.26 Å². The minimum Gasteiger partial charge on any atom is -0.303 e. The molecule has 3 rings (SSSR count). The van der Waals surface area contributed by atoms with E-state index in [0.29, 0.717) is 11.3 Å². The highest BCUT2D eigenvalue weighted by Gasteiger charge is 2.17.